The van der Waals surface area contributed by atoms with Crippen LogP contribution in [0.5, 0.6) is 0 Å². The Hall–Kier alpha value is -2.96. The number of nitrogens with zero attached hydrogens (tertiary/aromatic N) is 3. The van der Waals surface area contributed by atoms with Crippen molar-refractivity contribution in [3.05, 3.63) is 83.9 Å². The summed E-state index contributed by atoms with van der Waals surface area (Å²) in [5.74, 6) is 0.480. The average Bonchev–Trinajstić information content (AvgIpc) is 2.95. The van der Waals surface area contributed by atoms with E-state index in [1.807, 2.05) is 79.7 Å². The van der Waals surface area contributed by atoms with Crippen molar-refractivity contribution in [1.82, 2.24) is 10.4 Å². The highest BCUT2D eigenvalue weighted by atomic mass is 35.5. The Morgan fingerprint density at radius 1 is 0.968 bits per heavy atom. The lowest BCUT2D eigenvalue weighted by molar-refractivity contribution is -0.148. The number of rotatable bonds is 3. The van der Waals surface area contributed by atoms with Gasteiger partial charge in [0.2, 0.25) is 0 Å². The van der Waals surface area contributed by atoms with Crippen LogP contribution in [0.4, 0.5) is 11.4 Å². The van der Waals surface area contributed by atoms with Gasteiger partial charge >= 0.3 is 0 Å². The van der Waals surface area contributed by atoms with Crippen LogP contribution < -0.4 is 10.3 Å². The van der Waals surface area contributed by atoms with Gasteiger partial charge in [-0.1, -0.05) is 54.2 Å². The van der Waals surface area contributed by atoms with Gasteiger partial charge in [0, 0.05) is 35.1 Å². The van der Waals surface area contributed by atoms with Crippen molar-refractivity contribution < 1.29 is 4.79 Å². The lowest BCUT2D eigenvalue weighted by atomic mass is 9.95. The van der Waals surface area contributed by atoms with Crippen LogP contribution in [-0.2, 0) is 4.79 Å². The molecule has 2 heterocycles. The van der Waals surface area contributed by atoms with Gasteiger partial charge in [0.05, 0.1) is 5.69 Å². The molecule has 5 rings (SSSR count). The minimum atomic E-state index is -0.610. The molecule has 0 saturated carbocycles. The molecule has 1 saturated heterocycles. The predicted octanol–water partition coefficient (Wildman–Crippen LogP) is 4.99. The molecule has 0 bridgehead atoms. The maximum atomic E-state index is 12.7. The number of carbonyl (C=O) groups excluding carboxylic acids is 1. The number of carbonyl (C=O) groups is 1. The van der Waals surface area contributed by atoms with Gasteiger partial charge in [0.15, 0.2) is 5.84 Å². The first-order valence-electron chi connectivity index (χ1n) is 9.99. The van der Waals surface area contributed by atoms with E-state index in [1.165, 1.54) is 0 Å². The molecule has 0 spiro atoms. The minimum Gasteiger partial charge on any atom is -0.378 e. The Kier molecular flexibility index (Phi) is 5.12. The number of amides is 1. The lowest BCUT2D eigenvalue weighted by Gasteiger charge is -2.44. The van der Waals surface area contributed by atoms with E-state index in [2.05, 4.69) is 17.6 Å². The maximum absolute atomic E-state index is 12.7. The Labute approximate surface area is 190 Å². The van der Waals surface area contributed by atoms with E-state index in [4.69, 9.17) is 16.6 Å². The lowest BCUT2D eigenvalue weighted by Crippen LogP contribution is -2.63. The van der Waals surface area contributed by atoms with E-state index in [-0.39, 0.29) is 11.9 Å². The second-order valence-corrected chi connectivity index (χ2v) is 9.23. The van der Waals surface area contributed by atoms with E-state index < -0.39 is 5.38 Å². The number of β-lactam (4-membered cyclic amide) rings is 1. The highest BCUT2D eigenvalue weighted by Gasteiger charge is 2.48. The number of alkyl halides is 1. The fraction of sp³-hybridized carbons (Fsp3) is 0.167. The molecule has 3 aromatic rings. The Balaban J connectivity index is 1.50. The second-order valence-electron chi connectivity index (χ2n) is 7.68. The van der Waals surface area contributed by atoms with Crippen LogP contribution in [0.1, 0.15) is 17.2 Å². The van der Waals surface area contributed by atoms with Gasteiger partial charge in [-0.2, -0.15) is 0 Å². The van der Waals surface area contributed by atoms with Gasteiger partial charge in [-0.3, -0.25) is 10.2 Å². The molecule has 0 unspecified atom stereocenters. The number of anilines is 1. The van der Waals surface area contributed by atoms with Gasteiger partial charge in [-0.15, -0.1) is 11.6 Å². The Morgan fingerprint density at radius 2 is 1.65 bits per heavy atom. The van der Waals surface area contributed by atoms with E-state index in [0.717, 1.165) is 32.3 Å². The molecule has 2 atom stereocenters. The van der Waals surface area contributed by atoms with Gasteiger partial charge in [0.25, 0.3) is 5.91 Å². The molecule has 2 aliphatic rings. The number of amidine groups is 1. The van der Waals surface area contributed by atoms with Crippen LogP contribution in [0.3, 0.4) is 0 Å². The van der Waals surface area contributed by atoms with Gasteiger partial charge < -0.3 is 4.90 Å². The Morgan fingerprint density at radius 3 is 2.39 bits per heavy atom. The summed E-state index contributed by atoms with van der Waals surface area (Å²) in [6, 6.07) is 23.9. The molecule has 1 N–H and O–H groups in total. The normalized spacial score (nSPS) is 19.5. The highest BCUT2D eigenvalue weighted by Crippen LogP contribution is 2.41. The number of halogens is 1. The molecule has 1 fully saturated rings. The number of fused-ring (bicyclic) bond motifs is 2. The maximum Gasteiger partial charge on any atom is 0.262 e. The standard InChI is InChI=1S/C24H21ClN4OS/c1-28(2)16-13-11-15(12-14-16)22-21(25)24(30)29(22)27-23-17-7-3-5-9-19(17)31-20-10-6-4-8-18(20)26-23/h3-14,21-22H,1-2H3,(H,26,27)/t21-,22-/m1/s1. The monoisotopic (exact) mass is 448 g/mol. The van der Waals surface area contributed by atoms with Gasteiger partial charge in [-0.05, 0) is 35.9 Å². The average molecular weight is 449 g/mol. The summed E-state index contributed by atoms with van der Waals surface area (Å²) >= 11 is 8.12. The molecule has 7 heteroatoms. The number of benzene rings is 3. The predicted molar refractivity (Wildman–Crippen MR) is 126 cm³/mol. The topological polar surface area (TPSA) is 47.9 Å². The fourth-order valence-corrected chi connectivity index (χ4v) is 5.14. The zero-order chi connectivity index (χ0) is 21.5. The van der Waals surface area contributed by atoms with Gasteiger partial charge in [0.1, 0.15) is 11.4 Å². The fourth-order valence-electron chi connectivity index (χ4n) is 3.75. The molecule has 3 aromatic carbocycles. The van der Waals surface area contributed by atoms with Crippen LogP contribution in [0.2, 0.25) is 0 Å². The number of hydrogen-bond acceptors (Lipinski definition) is 5. The summed E-state index contributed by atoms with van der Waals surface area (Å²) in [6.45, 7) is 0. The summed E-state index contributed by atoms with van der Waals surface area (Å²) < 4.78 is 0. The molecular formula is C24H21ClN4OS. The van der Waals surface area contributed by atoms with E-state index in [0.29, 0.717) is 5.84 Å². The van der Waals surface area contributed by atoms with Gasteiger partial charge in [-0.25, -0.2) is 10.0 Å². The van der Waals surface area contributed by atoms with Crippen molar-refractivity contribution in [1.29, 1.82) is 0 Å². The van der Waals surface area contributed by atoms with Crippen molar-refractivity contribution in [2.45, 2.75) is 21.2 Å². The van der Waals surface area contributed by atoms with Crippen LogP contribution in [-0.4, -0.2) is 36.2 Å². The molecule has 31 heavy (non-hydrogen) atoms. The molecule has 156 valence electrons. The summed E-state index contributed by atoms with van der Waals surface area (Å²) in [7, 11) is 4.00. The van der Waals surface area contributed by atoms with Crippen LogP contribution in [0, 0.1) is 0 Å². The van der Waals surface area contributed by atoms with Crippen molar-refractivity contribution in [3.63, 3.8) is 0 Å². The molecule has 0 radical (unpaired) electrons. The van der Waals surface area contributed by atoms with Crippen molar-refractivity contribution in [2.24, 2.45) is 4.99 Å². The smallest absolute Gasteiger partial charge is 0.262 e. The molecule has 1 amide bonds. The summed E-state index contributed by atoms with van der Waals surface area (Å²) in [5, 5.41) is 0.984. The summed E-state index contributed by atoms with van der Waals surface area (Å²) in [4.78, 5) is 21.8. The Bertz CT molecular complexity index is 1180. The third kappa shape index (κ3) is 3.56. The third-order valence-electron chi connectivity index (χ3n) is 5.47. The first-order valence-corrected chi connectivity index (χ1v) is 11.2. The van der Waals surface area contributed by atoms with E-state index >= 15 is 0 Å². The molecule has 5 nitrogen and oxygen atoms in total. The van der Waals surface area contributed by atoms with Crippen LogP contribution in [0.25, 0.3) is 0 Å². The number of hydrazine groups is 1. The first-order chi connectivity index (χ1) is 15.0. The third-order valence-corrected chi connectivity index (χ3v) is 7.03. The number of hydrogen-bond donors (Lipinski definition) is 1. The van der Waals surface area contributed by atoms with E-state index in [1.54, 1.807) is 16.8 Å². The largest absolute Gasteiger partial charge is 0.378 e. The van der Waals surface area contributed by atoms with Crippen molar-refractivity contribution in [2.75, 3.05) is 19.0 Å². The quantitative estimate of drug-likeness (QED) is 0.453. The second kappa shape index (κ2) is 7.94. The first kappa shape index (κ1) is 20.0. The highest BCUT2D eigenvalue weighted by molar-refractivity contribution is 7.99. The minimum absolute atomic E-state index is 0.159. The number of aliphatic imine (C=N–C) groups is 1. The SMILES string of the molecule is CN(C)c1ccc([C@@H]2[C@@H](Cl)C(=O)N2NC2=Nc3ccccc3Sc3ccccc32)cc1. The van der Waals surface area contributed by atoms with Crippen molar-refractivity contribution >= 4 is 46.5 Å². The summed E-state index contributed by atoms with van der Waals surface area (Å²) in [5.41, 5.74) is 7.18. The number of para-hydroxylation sites is 1. The van der Waals surface area contributed by atoms with E-state index in [9.17, 15) is 4.79 Å². The summed E-state index contributed by atoms with van der Waals surface area (Å²) in [6.07, 6.45) is 0. The molecule has 2 aliphatic heterocycles. The van der Waals surface area contributed by atoms with Crippen molar-refractivity contribution in [3.8, 4) is 0 Å². The zero-order valence-corrected chi connectivity index (χ0v) is 18.7. The zero-order valence-electron chi connectivity index (χ0n) is 17.1. The molecule has 0 aliphatic carbocycles. The molecule has 0 aromatic heterocycles. The molecular weight excluding hydrogens is 428 g/mol. The van der Waals surface area contributed by atoms with Crippen LogP contribution in [0.15, 0.2) is 87.6 Å². The number of nitrogens with one attached hydrogen (secondary N) is 1. The van der Waals surface area contributed by atoms with Crippen LogP contribution >= 0.6 is 23.4 Å².